The molecule has 0 spiro atoms. The Hall–Kier alpha value is -2.37. The summed E-state index contributed by atoms with van der Waals surface area (Å²) in [6.07, 6.45) is 2.01. The summed E-state index contributed by atoms with van der Waals surface area (Å²) in [5, 5.41) is 5.61. The van der Waals surface area contributed by atoms with Gasteiger partial charge in [0.05, 0.1) is 12.7 Å². The molecular formula is C18H24N2O4. The molecule has 1 aliphatic carbocycles. The number of carbonyl (C=O) groups is 3. The van der Waals surface area contributed by atoms with E-state index in [-0.39, 0.29) is 11.8 Å². The Morgan fingerprint density at radius 2 is 1.75 bits per heavy atom. The first-order valence-corrected chi connectivity index (χ1v) is 8.17. The topological polar surface area (TPSA) is 84.5 Å². The molecular weight excluding hydrogens is 308 g/mol. The summed E-state index contributed by atoms with van der Waals surface area (Å²) >= 11 is 0. The van der Waals surface area contributed by atoms with Crippen molar-refractivity contribution in [2.24, 2.45) is 11.3 Å². The fraction of sp³-hybridized carbons (Fsp3) is 0.500. The minimum atomic E-state index is -0.946. The van der Waals surface area contributed by atoms with Crippen LogP contribution in [-0.2, 0) is 14.3 Å². The SMILES string of the molecule is COC(=O)c1ccc(NC(=O)C2(C(=O)NCCC(C)C)CC2)cc1. The molecule has 0 unspecified atom stereocenters. The summed E-state index contributed by atoms with van der Waals surface area (Å²) in [4.78, 5) is 36.1. The number of esters is 1. The van der Waals surface area contributed by atoms with Crippen LogP contribution < -0.4 is 10.6 Å². The molecule has 6 heteroatoms. The average Bonchev–Trinajstić information content (AvgIpc) is 3.36. The van der Waals surface area contributed by atoms with E-state index >= 15 is 0 Å². The van der Waals surface area contributed by atoms with Crippen LogP contribution in [0.25, 0.3) is 0 Å². The fourth-order valence-electron chi connectivity index (χ4n) is 2.38. The molecule has 0 aromatic heterocycles. The second-order valence-electron chi connectivity index (χ2n) is 6.54. The number of anilines is 1. The molecule has 0 saturated heterocycles. The zero-order valence-electron chi connectivity index (χ0n) is 14.3. The van der Waals surface area contributed by atoms with Crippen LogP contribution in [0, 0.1) is 11.3 Å². The standard InChI is InChI=1S/C18H24N2O4/c1-12(2)8-11-19-16(22)18(9-10-18)17(23)20-14-6-4-13(5-7-14)15(21)24-3/h4-7,12H,8-11H2,1-3H3,(H,19,22)(H,20,23). The number of hydrogen-bond acceptors (Lipinski definition) is 4. The number of nitrogens with one attached hydrogen (secondary N) is 2. The molecule has 2 N–H and O–H groups in total. The van der Waals surface area contributed by atoms with Gasteiger partial charge in [0.25, 0.3) is 0 Å². The van der Waals surface area contributed by atoms with E-state index in [2.05, 4.69) is 29.2 Å². The van der Waals surface area contributed by atoms with Crippen LogP contribution in [0.3, 0.4) is 0 Å². The number of amides is 2. The maximum atomic E-state index is 12.4. The highest BCUT2D eigenvalue weighted by atomic mass is 16.5. The van der Waals surface area contributed by atoms with Crippen LogP contribution in [-0.4, -0.2) is 31.4 Å². The third-order valence-electron chi connectivity index (χ3n) is 4.19. The van der Waals surface area contributed by atoms with Crippen LogP contribution in [0.4, 0.5) is 5.69 Å². The van der Waals surface area contributed by atoms with Gasteiger partial charge in [-0.2, -0.15) is 0 Å². The van der Waals surface area contributed by atoms with Gasteiger partial charge in [-0.15, -0.1) is 0 Å². The van der Waals surface area contributed by atoms with Gasteiger partial charge in [-0.3, -0.25) is 9.59 Å². The van der Waals surface area contributed by atoms with Gasteiger partial charge in [-0.25, -0.2) is 4.79 Å². The third kappa shape index (κ3) is 4.13. The molecule has 2 rings (SSSR count). The lowest BCUT2D eigenvalue weighted by molar-refractivity contribution is -0.134. The monoisotopic (exact) mass is 332 g/mol. The van der Waals surface area contributed by atoms with E-state index in [1.807, 2.05) is 0 Å². The maximum Gasteiger partial charge on any atom is 0.337 e. The Kier molecular flexibility index (Phi) is 5.59. The van der Waals surface area contributed by atoms with Gasteiger partial charge < -0.3 is 15.4 Å². The summed E-state index contributed by atoms with van der Waals surface area (Å²) in [5.74, 6) is -0.430. The number of rotatable bonds is 7. The lowest BCUT2D eigenvalue weighted by Crippen LogP contribution is -2.40. The number of hydrogen-bond donors (Lipinski definition) is 2. The van der Waals surface area contributed by atoms with E-state index < -0.39 is 11.4 Å². The van der Waals surface area contributed by atoms with Crippen LogP contribution in [0.1, 0.15) is 43.5 Å². The highest BCUT2D eigenvalue weighted by Gasteiger charge is 2.56. The number of methoxy groups -OCH3 is 1. The number of carbonyl (C=O) groups excluding carboxylic acids is 3. The molecule has 130 valence electrons. The normalized spacial score (nSPS) is 14.8. The molecule has 1 aromatic rings. The van der Waals surface area contributed by atoms with E-state index in [9.17, 15) is 14.4 Å². The highest BCUT2D eigenvalue weighted by molar-refractivity contribution is 6.13. The quantitative estimate of drug-likeness (QED) is 0.593. The molecule has 0 bridgehead atoms. The van der Waals surface area contributed by atoms with Crippen molar-refractivity contribution in [2.75, 3.05) is 19.0 Å². The van der Waals surface area contributed by atoms with Crippen molar-refractivity contribution in [3.63, 3.8) is 0 Å². The van der Waals surface area contributed by atoms with Crippen LogP contribution in [0.5, 0.6) is 0 Å². The summed E-state index contributed by atoms with van der Waals surface area (Å²) in [5.41, 5.74) is 0.00910. The van der Waals surface area contributed by atoms with Crippen LogP contribution >= 0.6 is 0 Å². The van der Waals surface area contributed by atoms with Gasteiger partial charge in [0.15, 0.2) is 0 Å². The molecule has 0 aliphatic heterocycles. The zero-order valence-corrected chi connectivity index (χ0v) is 14.3. The van der Waals surface area contributed by atoms with E-state index in [0.717, 1.165) is 6.42 Å². The van der Waals surface area contributed by atoms with Gasteiger partial charge in [0.1, 0.15) is 5.41 Å². The minimum Gasteiger partial charge on any atom is -0.465 e. The summed E-state index contributed by atoms with van der Waals surface area (Å²) in [6.45, 7) is 4.76. The highest BCUT2D eigenvalue weighted by Crippen LogP contribution is 2.46. The Morgan fingerprint density at radius 3 is 2.25 bits per heavy atom. The Morgan fingerprint density at radius 1 is 1.12 bits per heavy atom. The molecule has 6 nitrogen and oxygen atoms in total. The molecule has 1 aliphatic rings. The zero-order chi connectivity index (χ0) is 17.7. The Balaban J connectivity index is 1.93. The van der Waals surface area contributed by atoms with Crippen molar-refractivity contribution in [3.05, 3.63) is 29.8 Å². The summed E-state index contributed by atoms with van der Waals surface area (Å²) in [6, 6.07) is 6.39. The van der Waals surface area contributed by atoms with Gasteiger partial charge in [-0.1, -0.05) is 13.8 Å². The molecule has 1 aromatic carbocycles. The Labute approximate surface area is 142 Å². The third-order valence-corrected chi connectivity index (χ3v) is 4.19. The molecule has 2 amide bonds. The van der Waals surface area contributed by atoms with Crippen molar-refractivity contribution < 1.29 is 19.1 Å². The summed E-state index contributed by atoms with van der Waals surface area (Å²) < 4.78 is 4.63. The Bertz CT molecular complexity index is 618. The van der Waals surface area contributed by atoms with E-state index in [1.54, 1.807) is 24.3 Å². The maximum absolute atomic E-state index is 12.4. The van der Waals surface area contributed by atoms with Gasteiger partial charge in [-0.05, 0) is 49.4 Å². The van der Waals surface area contributed by atoms with Gasteiger partial charge >= 0.3 is 5.97 Å². The molecule has 0 heterocycles. The van der Waals surface area contributed by atoms with Crippen molar-refractivity contribution in [3.8, 4) is 0 Å². The van der Waals surface area contributed by atoms with E-state index in [4.69, 9.17) is 0 Å². The smallest absolute Gasteiger partial charge is 0.337 e. The second-order valence-corrected chi connectivity index (χ2v) is 6.54. The second kappa shape index (κ2) is 7.47. The molecule has 1 saturated carbocycles. The predicted molar refractivity (Wildman–Crippen MR) is 90.5 cm³/mol. The first-order chi connectivity index (χ1) is 11.4. The van der Waals surface area contributed by atoms with Crippen molar-refractivity contribution in [1.29, 1.82) is 0 Å². The minimum absolute atomic E-state index is 0.202. The molecule has 24 heavy (non-hydrogen) atoms. The van der Waals surface area contributed by atoms with E-state index in [0.29, 0.717) is 36.6 Å². The first-order valence-electron chi connectivity index (χ1n) is 8.17. The predicted octanol–water partition coefficient (Wildman–Crippen LogP) is 2.35. The van der Waals surface area contributed by atoms with E-state index in [1.165, 1.54) is 7.11 Å². The molecule has 0 radical (unpaired) electrons. The van der Waals surface area contributed by atoms with Crippen molar-refractivity contribution >= 4 is 23.5 Å². The number of ether oxygens (including phenoxy) is 1. The van der Waals surface area contributed by atoms with Gasteiger partial charge in [0.2, 0.25) is 11.8 Å². The van der Waals surface area contributed by atoms with Crippen molar-refractivity contribution in [2.45, 2.75) is 33.1 Å². The lowest BCUT2D eigenvalue weighted by Gasteiger charge is -2.16. The summed E-state index contributed by atoms with van der Waals surface area (Å²) in [7, 11) is 1.31. The lowest BCUT2D eigenvalue weighted by atomic mass is 10.0. The van der Waals surface area contributed by atoms with Crippen LogP contribution in [0.15, 0.2) is 24.3 Å². The first kappa shape index (κ1) is 18.0. The van der Waals surface area contributed by atoms with Crippen molar-refractivity contribution in [1.82, 2.24) is 5.32 Å². The van der Waals surface area contributed by atoms with Crippen LogP contribution in [0.2, 0.25) is 0 Å². The largest absolute Gasteiger partial charge is 0.465 e. The average molecular weight is 332 g/mol. The molecule has 1 fully saturated rings. The molecule has 0 atom stereocenters. The number of benzene rings is 1. The fourth-order valence-corrected chi connectivity index (χ4v) is 2.38. The van der Waals surface area contributed by atoms with Gasteiger partial charge in [0, 0.05) is 12.2 Å².